The molecule has 1 aromatic heterocycles. The Kier molecular flexibility index (Phi) is 6.11. The summed E-state index contributed by atoms with van der Waals surface area (Å²) in [5.41, 5.74) is 1.95. The third-order valence-corrected chi connectivity index (χ3v) is 6.73. The van der Waals surface area contributed by atoms with E-state index in [4.69, 9.17) is 9.47 Å². The molecule has 7 nitrogen and oxygen atoms in total. The summed E-state index contributed by atoms with van der Waals surface area (Å²) in [6.45, 7) is 4.09. The van der Waals surface area contributed by atoms with Crippen LogP contribution in [0.2, 0.25) is 0 Å². The standard InChI is InChI=1S/C23H31N3O4/c1-24-19-6-4-3-5-18(19)15-20(24)22(28)25-10-7-23(8-11-25)9-12-26(17-23)21(27)16-30-14-13-29-2/h3-6,15H,7-14,16-17H2,1-2H3. The highest BCUT2D eigenvalue weighted by atomic mass is 16.5. The number of carbonyl (C=O) groups excluding carboxylic acids is 2. The molecule has 162 valence electrons. The van der Waals surface area contributed by atoms with Crippen LogP contribution in [0.3, 0.4) is 0 Å². The molecule has 1 spiro atoms. The van der Waals surface area contributed by atoms with Crippen LogP contribution in [0.25, 0.3) is 10.9 Å². The number of nitrogens with zero attached hydrogens (tertiary/aromatic N) is 3. The number of methoxy groups -OCH3 is 1. The van der Waals surface area contributed by atoms with Gasteiger partial charge in [0.05, 0.1) is 13.2 Å². The molecule has 2 saturated heterocycles. The molecule has 0 N–H and O–H groups in total. The molecular formula is C23H31N3O4. The zero-order valence-corrected chi connectivity index (χ0v) is 17.9. The molecule has 0 saturated carbocycles. The van der Waals surface area contributed by atoms with E-state index in [0.717, 1.165) is 62.0 Å². The Labute approximate surface area is 177 Å². The number of hydrogen-bond acceptors (Lipinski definition) is 4. The molecule has 7 heteroatoms. The van der Waals surface area contributed by atoms with Crippen LogP contribution in [0.15, 0.2) is 30.3 Å². The minimum atomic E-state index is 0.0528. The molecule has 0 atom stereocenters. The molecule has 2 aliphatic rings. The molecule has 0 aliphatic carbocycles. The minimum Gasteiger partial charge on any atom is -0.382 e. The molecule has 0 radical (unpaired) electrons. The smallest absolute Gasteiger partial charge is 0.270 e. The van der Waals surface area contributed by atoms with E-state index in [0.29, 0.717) is 13.2 Å². The Morgan fingerprint density at radius 2 is 1.73 bits per heavy atom. The van der Waals surface area contributed by atoms with E-state index in [1.807, 2.05) is 51.7 Å². The van der Waals surface area contributed by atoms with Gasteiger partial charge in [-0.1, -0.05) is 18.2 Å². The highest BCUT2D eigenvalue weighted by Crippen LogP contribution is 2.40. The number of ether oxygens (including phenoxy) is 2. The van der Waals surface area contributed by atoms with E-state index in [-0.39, 0.29) is 23.8 Å². The first-order chi connectivity index (χ1) is 14.5. The van der Waals surface area contributed by atoms with Crippen LogP contribution in [0.1, 0.15) is 29.8 Å². The van der Waals surface area contributed by atoms with E-state index in [2.05, 4.69) is 0 Å². The highest BCUT2D eigenvalue weighted by Gasteiger charge is 2.42. The number of likely N-dealkylation sites (tertiary alicyclic amines) is 2. The summed E-state index contributed by atoms with van der Waals surface area (Å²) >= 11 is 0. The van der Waals surface area contributed by atoms with E-state index in [1.54, 1.807) is 7.11 Å². The summed E-state index contributed by atoms with van der Waals surface area (Å²) in [6.07, 6.45) is 2.89. The van der Waals surface area contributed by atoms with Gasteiger partial charge in [-0.05, 0) is 36.8 Å². The van der Waals surface area contributed by atoms with Gasteiger partial charge in [-0.25, -0.2) is 0 Å². The first kappa shape index (κ1) is 20.9. The molecule has 0 unspecified atom stereocenters. The van der Waals surface area contributed by atoms with Gasteiger partial charge < -0.3 is 23.8 Å². The van der Waals surface area contributed by atoms with Crippen LogP contribution in [0.5, 0.6) is 0 Å². The number of para-hydroxylation sites is 1. The third-order valence-electron chi connectivity index (χ3n) is 6.73. The maximum Gasteiger partial charge on any atom is 0.270 e. The zero-order valence-electron chi connectivity index (χ0n) is 17.9. The second-order valence-electron chi connectivity index (χ2n) is 8.55. The maximum atomic E-state index is 13.2. The van der Waals surface area contributed by atoms with Crippen LogP contribution in [-0.4, -0.2) is 79.3 Å². The molecule has 2 aromatic rings. The average molecular weight is 414 g/mol. The number of amides is 2. The van der Waals surface area contributed by atoms with Gasteiger partial charge >= 0.3 is 0 Å². The number of rotatable bonds is 6. The Morgan fingerprint density at radius 3 is 2.43 bits per heavy atom. The van der Waals surface area contributed by atoms with Crippen LogP contribution in [0.4, 0.5) is 0 Å². The maximum absolute atomic E-state index is 13.2. The monoisotopic (exact) mass is 413 g/mol. The zero-order chi connectivity index (χ0) is 21.1. The lowest BCUT2D eigenvalue weighted by Crippen LogP contribution is -2.45. The molecule has 3 heterocycles. The fourth-order valence-electron chi connectivity index (χ4n) is 4.79. The van der Waals surface area contributed by atoms with Crippen molar-refractivity contribution in [3.8, 4) is 0 Å². The van der Waals surface area contributed by atoms with Crippen LogP contribution in [0, 0.1) is 5.41 Å². The molecule has 4 rings (SSSR count). The number of fused-ring (bicyclic) bond motifs is 1. The molecule has 30 heavy (non-hydrogen) atoms. The number of piperidine rings is 1. The van der Waals surface area contributed by atoms with Crippen LogP contribution < -0.4 is 0 Å². The third kappa shape index (κ3) is 4.09. The number of benzene rings is 1. The van der Waals surface area contributed by atoms with Gasteiger partial charge in [0, 0.05) is 51.2 Å². The van der Waals surface area contributed by atoms with Crippen LogP contribution in [-0.2, 0) is 21.3 Å². The second kappa shape index (κ2) is 8.78. The molecule has 2 aliphatic heterocycles. The van der Waals surface area contributed by atoms with Gasteiger partial charge in [-0.15, -0.1) is 0 Å². The predicted molar refractivity (Wildman–Crippen MR) is 114 cm³/mol. The fourth-order valence-corrected chi connectivity index (χ4v) is 4.79. The number of aromatic nitrogens is 1. The number of carbonyl (C=O) groups is 2. The molecular weight excluding hydrogens is 382 g/mol. The van der Waals surface area contributed by atoms with Gasteiger partial charge in [-0.2, -0.15) is 0 Å². The van der Waals surface area contributed by atoms with Crippen molar-refractivity contribution in [1.29, 1.82) is 0 Å². The Morgan fingerprint density at radius 1 is 1.03 bits per heavy atom. The van der Waals surface area contributed by atoms with Crippen LogP contribution >= 0.6 is 0 Å². The lowest BCUT2D eigenvalue weighted by atomic mass is 9.77. The Hall–Kier alpha value is -2.38. The van der Waals surface area contributed by atoms with Gasteiger partial charge in [0.25, 0.3) is 5.91 Å². The first-order valence-electron chi connectivity index (χ1n) is 10.7. The van der Waals surface area contributed by atoms with Crippen molar-refractivity contribution >= 4 is 22.7 Å². The molecule has 2 amide bonds. The SMILES string of the molecule is COCCOCC(=O)N1CCC2(CCN(C(=O)c3cc4ccccc4n3C)CC2)C1. The molecule has 1 aromatic carbocycles. The highest BCUT2D eigenvalue weighted by molar-refractivity contribution is 5.98. The normalized spacial score (nSPS) is 18.5. The largest absolute Gasteiger partial charge is 0.382 e. The Balaban J connectivity index is 1.33. The summed E-state index contributed by atoms with van der Waals surface area (Å²) < 4.78 is 12.3. The van der Waals surface area contributed by atoms with Crippen molar-refractivity contribution in [2.75, 3.05) is 53.1 Å². The summed E-state index contributed by atoms with van der Waals surface area (Å²) in [5, 5.41) is 1.09. The van der Waals surface area contributed by atoms with Crippen molar-refractivity contribution in [2.24, 2.45) is 12.5 Å². The van der Waals surface area contributed by atoms with Crippen molar-refractivity contribution in [2.45, 2.75) is 19.3 Å². The quantitative estimate of drug-likeness (QED) is 0.682. The summed E-state index contributed by atoms with van der Waals surface area (Å²) in [6, 6.07) is 10.1. The van der Waals surface area contributed by atoms with E-state index in [9.17, 15) is 9.59 Å². The topological polar surface area (TPSA) is 64.0 Å². The van der Waals surface area contributed by atoms with Gasteiger partial charge in [0.1, 0.15) is 12.3 Å². The number of hydrogen-bond donors (Lipinski definition) is 0. The Bertz CT molecular complexity index is 914. The average Bonchev–Trinajstić information content (AvgIpc) is 3.33. The first-order valence-corrected chi connectivity index (χ1v) is 10.7. The lowest BCUT2D eigenvalue weighted by molar-refractivity contribution is -0.136. The predicted octanol–water partition coefficient (Wildman–Crippen LogP) is 2.30. The summed E-state index contributed by atoms with van der Waals surface area (Å²) in [5.74, 6) is 0.151. The van der Waals surface area contributed by atoms with Crippen molar-refractivity contribution < 1.29 is 19.1 Å². The van der Waals surface area contributed by atoms with Crippen molar-refractivity contribution in [1.82, 2.24) is 14.4 Å². The van der Waals surface area contributed by atoms with E-state index in [1.165, 1.54) is 0 Å². The van der Waals surface area contributed by atoms with E-state index >= 15 is 0 Å². The summed E-state index contributed by atoms with van der Waals surface area (Å²) in [4.78, 5) is 29.5. The van der Waals surface area contributed by atoms with Gasteiger partial charge in [0.2, 0.25) is 5.91 Å². The molecule has 2 fully saturated rings. The second-order valence-corrected chi connectivity index (χ2v) is 8.55. The van der Waals surface area contributed by atoms with Crippen molar-refractivity contribution in [3.05, 3.63) is 36.0 Å². The van der Waals surface area contributed by atoms with Crippen molar-refractivity contribution in [3.63, 3.8) is 0 Å². The number of aryl methyl sites for hydroxylation is 1. The fraction of sp³-hybridized carbons (Fsp3) is 0.565. The van der Waals surface area contributed by atoms with E-state index < -0.39 is 0 Å². The minimum absolute atomic E-state index is 0.0528. The molecule has 0 bridgehead atoms. The summed E-state index contributed by atoms with van der Waals surface area (Å²) in [7, 11) is 3.57. The van der Waals surface area contributed by atoms with Gasteiger partial charge in [-0.3, -0.25) is 9.59 Å². The lowest BCUT2D eigenvalue weighted by Gasteiger charge is -2.39. The van der Waals surface area contributed by atoms with Gasteiger partial charge in [0.15, 0.2) is 0 Å².